The van der Waals surface area contributed by atoms with Crippen molar-refractivity contribution < 1.29 is 12.9 Å². The van der Waals surface area contributed by atoms with Gasteiger partial charge < -0.3 is 8.74 Å². The van der Waals surface area contributed by atoms with E-state index in [-0.39, 0.29) is 0 Å². The van der Waals surface area contributed by atoms with Crippen molar-refractivity contribution >= 4 is 27.3 Å². The summed E-state index contributed by atoms with van der Waals surface area (Å²) in [4.78, 5) is 0.594. The topological polar surface area (TPSA) is 49.4 Å². The number of rotatable bonds is 3. The van der Waals surface area contributed by atoms with Crippen LogP contribution in [0, 0.1) is 11.8 Å². The zero-order valence-electron chi connectivity index (χ0n) is 7.57. The second-order valence-corrected chi connectivity index (χ2v) is 5.58. The summed E-state index contributed by atoms with van der Waals surface area (Å²) in [5.74, 6) is 0.938. The first-order valence-corrected chi connectivity index (χ1v) is 6.37. The van der Waals surface area contributed by atoms with Crippen LogP contribution in [0.4, 0.5) is 0 Å². The number of hydrogen-bond donors (Lipinski definition) is 0. The molecular formula is C8H14BrO3S-. The lowest BCUT2D eigenvalue weighted by molar-refractivity contribution is 0.164. The van der Waals surface area contributed by atoms with Crippen molar-refractivity contribution in [1.82, 2.24) is 0 Å². The van der Waals surface area contributed by atoms with Crippen LogP contribution < -0.4 is 0 Å². The predicted molar refractivity (Wildman–Crippen MR) is 54.1 cm³/mol. The first-order chi connectivity index (χ1) is 6.09. The molecule has 0 spiro atoms. The molecule has 1 saturated carbocycles. The van der Waals surface area contributed by atoms with Crippen molar-refractivity contribution in [2.24, 2.45) is 11.8 Å². The average Bonchev–Trinajstić information content (AvgIpc) is 2.02. The van der Waals surface area contributed by atoms with Crippen molar-refractivity contribution in [1.29, 1.82) is 0 Å². The van der Waals surface area contributed by atoms with Gasteiger partial charge in [0.05, 0.1) is 18.0 Å². The van der Waals surface area contributed by atoms with Gasteiger partial charge in [-0.1, -0.05) is 22.9 Å². The molecule has 0 saturated heterocycles. The molecule has 0 amide bonds. The van der Waals surface area contributed by atoms with E-state index in [1.807, 2.05) is 0 Å². The molecule has 1 rings (SSSR count). The number of hydrogen-bond acceptors (Lipinski definition) is 3. The van der Waals surface area contributed by atoms with Gasteiger partial charge in [0, 0.05) is 4.83 Å². The van der Waals surface area contributed by atoms with Gasteiger partial charge in [0.2, 0.25) is 0 Å². The van der Waals surface area contributed by atoms with E-state index in [4.69, 9.17) is 0 Å². The fourth-order valence-corrected chi connectivity index (χ4v) is 2.92. The van der Waals surface area contributed by atoms with Crippen LogP contribution in [0.3, 0.4) is 0 Å². The van der Waals surface area contributed by atoms with Crippen LogP contribution in [0.15, 0.2) is 0 Å². The van der Waals surface area contributed by atoms with Crippen LogP contribution in [0.1, 0.15) is 26.2 Å². The van der Waals surface area contributed by atoms with Gasteiger partial charge in [0.25, 0.3) is 0 Å². The lowest BCUT2D eigenvalue weighted by atomic mass is 9.81. The maximum absolute atomic E-state index is 10.2. The zero-order chi connectivity index (χ0) is 9.84. The minimum atomic E-state index is -2.35. The Morgan fingerprint density at radius 1 is 1.62 bits per heavy atom. The minimum absolute atomic E-state index is 0.344. The Bertz CT molecular complexity index is 188. The maximum Gasteiger partial charge on any atom is 0.0842 e. The third kappa shape index (κ3) is 4.06. The monoisotopic (exact) mass is 269 g/mol. The molecule has 3 nitrogen and oxygen atoms in total. The van der Waals surface area contributed by atoms with Crippen LogP contribution in [-0.2, 0) is 15.5 Å². The molecule has 0 aliphatic heterocycles. The number of halogens is 1. The zero-order valence-corrected chi connectivity index (χ0v) is 9.97. The van der Waals surface area contributed by atoms with E-state index < -0.39 is 11.4 Å². The van der Waals surface area contributed by atoms with Crippen LogP contribution in [0.5, 0.6) is 0 Å². The summed E-state index contributed by atoms with van der Waals surface area (Å²) in [5.41, 5.74) is 0. The Hall–Kier alpha value is 0.550. The molecule has 1 fully saturated rings. The van der Waals surface area contributed by atoms with Crippen LogP contribution in [0.2, 0.25) is 0 Å². The second-order valence-electron chi connectivity index (χ2n) is 3.64. The molecule has 0 aromatic rings. The van der Waals surface area contributed by atoms with E-state index in [0.717, 1.165) is 19.3 Å². The first kappa shape index (κ1) is 11.6. The van der Waals surface area contributed by atoms with E-state index in [1.165, 1.54) is 0 Å². The summed E-state index contributed by atoms with van der Waals surface area (Å²) >= 11 is 1.22. The van der Waals surface area contributed by atoms with Crippen LogP contribution in [0.25, 0.3) is 0 Å². The molecule has 1 aliphatic carbocycles. The molecule has 0 N–H and O–H groups in total. The van der Waals surface area contributed by atoms with Crippen molar-refractivity contribution in [2.45, 2.75) is 31.0 Å². The molecule has 5 heteroatoms. The van der Waals surface area contributed by atoms with Crippen molar-refractivity contribution in [3.63, 3.8) is 0 Å². The van der Waals surface area contributed by atoms with Gasteiger partial charge in [-0.25, -0.2) is 4.21 Å². The molecule has 0 bridgehead atoms. The summed E-state index contributed by atoms with van der Waals surface area (Å²) in [6, 6.07) is 0. The highest BCUT2D eigenvalue weighted by molar-refractivity contribution is 9.09. The van der Waals surface area contributed by atoms with Gasteiger partial charge >= 0.3 is 0 Å². The van der Waals surface area contributed by atoms with Gasteiger partial charge in [-0.2, -0.15) is 0 Å². The fraction of sp³-hybridized carbons (Fsp3) is 1.00. The summed E-state index contributed by atoms with van der Waals surface area (Å²) < 4.78 is 25.0. The summed E-state index contributed by atoms with van der Waals surface area (Å²) in [5, 5.41) is 0. The van der Waals surface area contributed by atoms with Gasteiger partial charge in [-0.05, 0) is 31.1 Å². The third-order valence-corrected chi connectivity index (χ3v) is 3.82. The molecule has 4 atom stereocenters. The van der Waals surface area contributed by atoms with Crippen molar-refractivity contribution in [3.8, 4) is 0 Å². The Kier molecular flexibility index (Phi) is 4.86. The lowest BCUT2D eigenvalue weighted by Crippen LogP contribution is -2.26. The molecule has 0 radical (unpaired) electrons. The number of alkyl halides is 1. The highest BCUT2D eigenvalue weighted by Crippen LogP contribution is 2.33. The molecular weight excluding hydrogens is 256 g/mol. The Morgan fingerprint density at radius 2 is 2.31 bits per heavy atom. The maximum atomic E-state index is 10.2. The SMILES string of the molecule is CC1CC(Br)CCC1COS(=O)[O-]. The average molecular weight is 270 g/mol. The lowest BCUT2D eigenvalue weighted by Gasteiger charge is -2.31. The quantitative estimate of drug-likeness (QED) is 0.582. The molecule has 0 aromatic carbocycles. The largest absolute Gasteiger partial charge is 0.750 e. The highest BCUT2D eigenvalue weighted by Gasteiger charge is 2.26. The van der Waals surface area contributed by atoms with E-state index in [9.17, 15) is 8.76 Å². The summed E-state index contributed by atoms with van der Waals surface area (Å²) in [7, 11) is 0. The van der Waals surface area contributed by atoms with E-state index in [0.29, 0.717) is 23.3 Å². The standard InChI is InChI=1S/C8H15BrO3S/c1-6-4-8(9)3-2-7(6)5-12-13(10)11/h6-8H,2-5H2,1H3,(H,10,11)/p-1. The van der Waals surface area contributed by atoms with Crippen molar-refractivity contribution in [3.05, 3.63) is 0 Å². The van der Waals surface area contributed by atoms with E-state index >= 15 is 0 Å². The first-order valence-electron chi connectivity index (χ1n) is 4.46. The fourth-order valence-electron chi connectivity index (χ4n) is 1.78. The Balaban J connectivity index is 2.29. The minimum Gasteiger partial charge on any atom is -0.750 e. The highest BCUT2D eigenvalue weighted by atomic mass is 79.9. The predicted octanol–water partition coefficient (Wildman–Crippen LogP) is 2.00. The third-order valence-electron chi connectivity index (χ3n) is 2.66. The molecule has 78 valence electrons. The van der Waals surface area contributed by atoms with E-state index in [1.54, 1.807) is 0 Å². The van der Waals surface area contributed by atoms with Crippen LogP contribution >= 0.6 is 15.9 Å². The van der Waals surface area contributed by atoms with Gasteiger partial charge in [-0.15, -0.1) is 0 Å². The smallest absolute Gasteiger partial charge is 0.0842 e. The Labute approximate surface area is 89.9 Å². The molecule has 0 aromatic heterocycles. The van der Waals surface area contributed by atoms with Gasteiger partial charge in [0.15, 0.2) is 0 Å². The normalized spacial score (nSPS) is 37.3. The van der Waals surface area contributed by atoms with Crippen molar-refractivity contribution in [2.75, 3.05) is 6.61 Å². The van der Waals surface area contributed by atoms with Gasteiger partial charge in [0.1, 0.15) is 0 Å². The summed E-state index contributed by atoms with van der Waals surface area (Å²) in [6.45, 7) is 2.49. The Morgan fingerprint density at radius 3 is 2.85 bits per heavy atom. The molecule has 4 unspecified atom stereocenters. The van der Waals surface area contributed by atoms with Gasteiger partial charge in [-0.3, -0.25) is 0 Å². The molecule has 1 aliphatic rings. The van der Waals surface area contributed by atoms with Crippen LogP contribution in [-0.4, -0.2) is 20.2 Å². The summed E-state index contributed by atoms with van der Waals surface area (Å²) in [6.07, 6.45) is 3.28. The second kappa shape index (κ2) is 5.44. The van der Waals surface area contributed by atoms with E-state index in [2.05, 4.69) is 27.0 Å². The molecule has 13 heavy (non-hydrogen) atoms. The molecule has 0 heterocycles.